The summed E-state index contributed by atoms with van der Waals surface area (Å²) in [5, 5.41) is 0. The van der Waals surface area contributed by atoms with Crippen molar-refractivity contribution in [3.05, 3.63) is 35.9 Å². The predicted octanol–water partition coefficient (Wildman–Crippen LogP) is 2.71. The quantitative estimate of drug-likeness (QED) is 0.628. The lowest BCUT2D eigenvalue weighted by Crippen LogP contribution is -2.20. The van der Waals surface area contributed by atoms with Crippen LogP contribution in [0.25, 0.3) is 0 Å². The molecule has 2 aliphatic rings. The molecule has 1 aromatic carbocycles. The van der Waals surface area contributed by atoms with E-state index in [4.69, 9.17) is 4.74 Å². The first-order chi connectivity index (χ1) is 6.27. The minimum Gasteiger partial charge on any atom is -0.364 e. The molecule has 1 aromatic rings. The monoisotopic (exact) mass is 174 g/mol. The normalized spacial score (nSPS) is 34.2. The minimum atomic E-state index is 0.0915. The maximum Gasteiger partial charge on any atom is 0.122 e. The van der Waals surface area contributed by atoms with Crippen molar-refractivity contribution >= 4 is 0 Å². The summed E-state index contributed by atoms with van der Waals surface area (Å²) < 4.78 is 5.71. The summed E-state index contributed by atoms with van der Waals surface area (Å²) in [7, 11) is 0. The Morgan fingerprint density at radius 2 is 1.77 bits per heavy atom. The third kappa shape index (κ3) is 0.910. The van der Waals surface area contributed by atoms with Crippen molar-refractivity contribution in [1.82, 2.24) is 0 Å². The topological polar surface area (TPSA) is 12.5 Å². The molecule has 1 atom stereocenters. The van der Waals surface area contributed by atoms with Crippen LogP contribution < -0.4 is 0 Å². The largest absolute Gasteiger partial charge is 0.364 e. The second-order valence-corrected chi connectivity index (χ2v) is 4.54. The van der Waals surface area contributed by atoms with Gasteiger partial charge in [0.05, 0.1) is 6.61 Å². The Morgan fingerprint density at radius 1 is 1.15 bits per heavy atom. The molecule has 1 saturated carbocycles. The third-order valence-electron chi connectivity index (χ3n) is 3.65. The SMILES string of the molecule is CC1(C2(c3ccccc3)CO2)CC1. The first kappa shape index (κ1) is 7.57. The summed E-state index contributed by atoms with van der Waals surface area (Å²) in [4.78, 5) is 0. The molecule has 2 fully saturated rings. The van der Waals surface area contributed by atoms with Gasteiger partial charge in [0.2, 0.25) is 0 Å². The molecular weight excluding hydrogens is 160 g/mol. The van der Waals surface area contributed by atoms with Crippen LogP contribution in [0.1, 0.15) is 25.3 Å². The summed E-state index contributed by atoms with van der Waals surface area (Å²) in [6.07, 6.45) is 2.64. The number of hydrogen-bond donors (Lipinski definition) is 0. The summed E-state index contributed by atoms with van der Waals surface area (Å²) in [5.74, 6) is 0. The van der Waals surface area contributed by atoms with E-state index in [-0.39, 0.29) is 5.60 Å². The lowest BCUT2D eigenvalue weighted by atomic mass is 9.85. The van der Waals surface area contributed by atoms with Gasteiger partial charge in [0.25, 0.3) is 0 Å². The minimum absolute atomic E-state index is 0.0915. The summed E-state index contributed by atoms with van der Waals surface area (Å²) in [5.41, 5.74) is 1.90. The first-order valence-corrected chi connectivity index (χ1v) is 4.96. The molecule has 1 unspecified atom stereocenters. The van der Waals surface area contributed by atoms with E-state index in [9.17, 15) is 0 Å². The van der Waals surface area contributed by atoms with Crippen LogP contribution in [0.5, 0.6) is 0 Å². The fraction of sp³-hybridized carbons (Fsp3) is 0.500. The maximum atomic E-state index is 5.71. The van der Waals surface area contributed by atoms with Crippen molar-refractivity contribution in [3.8, 4) is 0 Å². The summed E-state index contributed by atoms with van der Waals surface area (Å²) in [6, 6.07) is 10.6. The van der Waals surface area contributed by atoms with E-state index in [0.29, 0.717) is 5.41 Å². The van der Waals surface area contributed by atoms with Crippen molar-refractivity contribution in [1.29, 1.82) is 0 Å². The molecule has 1 aliphatic carbocycles. The predicted molar refractivity (Wildman–Crippen MR) is 51.4 cm³/mol. The van der Waals surface area contributed by atoms with Crippen molar-refractivity contribution in [2.75, 3.05) is 6.61 Å². The van der Waals surface area contributed by atoms with E-state index < -0.39 is 0 Å². The molecule has 1 nitrogen and oxygen atoms in total. The Labute approximate surface area is 78.7 Å². The van der Waals surface area contributed by atoms with E-state index in [1.165, 1.54) is 18.4 Å². The average Bonchev–Trinajstić information content (AvgIpc) is 3.01. The molecule has 0 spiro atoms. The van der Waals surface area contributed by atoms with Crippen molar-refractivity contribution in [2.45, 2.75) is 25.4 Å². The van der Waals surface area contributed by atoms with Gasteiger partial charge in [-0.05, 0) is 18.4 Å². The number of rotatable bonds is 2. The van der Waals surface area contributed by atoms with Crippen molar-refractivity contribution in [3.63, 3.8) is 0 Å². The molecule has 0 aromatic heterocycles. The highest BCUT2D eigenvalue weighted by Crippen LogP contribution is 2.65. The van der Waals surface area contributed by atoms with Gasteiger partial charge >= 0.3 is 0 Å². The first-order valence-electron chi connectivity index (χ1n) is 4.96. The van der Waals surface area contributed by atoms with Gasteiger partial charge in [-0.15, -0.1) is 0 Å². The van der Waals surface area contributed by atoms with Crippen LogP contribution in [-0.4, -0.2) is 6.61 Å². The van der Waals surface area contributed by atoms with Gasteiger partial charge in [-0.3, -0.25) is 0 Å². The second-order valence-electron chi connectivity index (χ2n) is 4.54. The third-order valence-corrected chi connectivity index (χ3v) is 3.65. The fourth-order valence-electron chi connectivity index (χ4n) is 2.23. The number of hydrogen-bond acceptors (Lipinski definition) is 1. The number of epoxide rings is 1. The molecule has 1 aliphatic heterocycles. The molecule has 13 heavy (non-hydrogen) atoms. The smallest absolute Gasteiger partial charge is 0.122 e. The molecule has 3 rings (SSSR count). The van der Waals surface area contributed by atoms with Crippen LogP contribution in [-0.2, 0) is 10.3 Å². The Bertz CT molecular complexity index is 320. The van der Waals surface area contributed by atoms with Crippen LogP contribution in [0, 0.1) is 5.41 Å². The van der Waals surface area contributed by atoms with Gasteiger partial charge in [0, 0.05) is 5.41 Å². The Kier molecular flexibility index (Phi) is 1.26. The van der Waals surface area contributed by atoms with Gasteiger partial charge in [-0.25, -0.2) is 0 Å². The van der Waals surface area contributed by atoms with E-state index >= 15 is 0 Å². The molecular formula is C12H14O. The van der Waals surface area contributed by atoms with Crippen LogP contribution in [0.2, 0.25) is 0 Å². The standard InChI is InChI=1S/C12H14O/c1-11(7-8-11)12(9-13-12)10-5-3-2-4-6-10/h2-6H,7-9H2,1H3. The highest BCUT2D eigenvalue weighted by Gasteiger charge is 2.65. The molecule has 68 valence electrons. The second kappa shape index (κ2) is 2.16. The molecule has 0 radical (unpaired) electrons. The lowest BCUT2D eigenvalue weighted by molar-refractivity contribution is 0.213. The molecule has 1 heteroatoms. The number of ether oxygens (including phenoxy) is 1. The molecule has 0 amide bonds. The molecule has 1 saturated heterocycles. The maximum absolute atomic E-state index is 5.71. The van der Waals surface area contributed by atoms with E-state index in [2.05, 4.69) is 37.3 Å². The van der Waals surface area contributed by atoms with Gasteiger partial charge in [-0.1, -0.05) is 37.3 Å². The van der Waals surface area contributed by atoms with E-state index in [1.807, 2.05) is 0 Å². The Balaban J connectivity index is 2.01. The van der Waals surface area contributed by atoms with Crippen LogP contribution in [0.15, 0.2) is 30.3 Å². The highest BCUT2D eigenvalue weighted by molar-refractivity contribution is 5.32. The van der Waals surface area contributed by atoms with Crippen molar-refractivity contribution in [2.24, 2.45) is 5.41 Å². The van der Waals surface area contributed by atoms with Gasteiger partial charge < -0.3 is 4.74 Å². The van der Waals surface area contributed by atoms with E-state index in [0.717, 1.165) is 6.61 Å². The van der Waals surface area contributed by atoms with Crippen LogP contribution in [0.4, 0.5) is 0 Å². The van der Waals surface area contributed by atoms with Crippen LogP contribution in [0.3, 0.4) is 0 Å². The lowest BCUT2D eigenvalue weighted by Gasteiger charge is -2.19. The van der Waals surface area contributed by atoms with Crippen molar-refractivity contribution < 1.29 is 4.74 Å². The molecule has 0 N–H and O–H groups in total. The molecule has 1 heterocycles. The summed E-state index contributed by atoms with van der Waals surface area (Å²) >= 11 is 0. The zero-order valence-corrected chi connectivity index (χ0v) is 7.92. The number of benzene rings is 1. The van der Waals surface area contributed by atoms with Gasteiger partial charge in [0.1, 0.15) is 5.60 Å². The van der Waals surface area contributed by atoms with Crippen LogP contribution >= 0.6 is 0 Å². The molecule has 0 bridgehead atoms. The van der Waals surface area contributed by atoms with Gasteiger partial charge in [0.15, 0.2) is 0 Å². The van der Waals surface area contributed by atoms with Gasteiger partial charge in [-0.2, -0.15) is 0 Å². The average molecular weight is 174 g/mol. The zero-order valence-electron chi connectivity index (χ0n) is 7.92. The zero-order chi connectivity index (χ0) is 8.94. The fourth-order valence-corrected chi connectivity index (χ4v) is 2.23. The highest BCUT2D eigenvalue weighted by atomic mass is 16.6. The summed E-state index contributed by atoms with van der Waals surface area (Å²) in [6.45, 7) is 3.26. The Morgan fingerprint density at radius 3 is 2.23 bits per heavy atom. The van der Waals surface area contributed by atoms with E-state index in [1.54, 1.807) is 0 Å². The Hall–Kier alpha value is -0.820.